The molecule has 1 aromatic carbocycles. The summed E-state index contributed by atoms with van der Waals surface area (Å²) < 4.78 is 26.9. The number of hydrogen-bond donors (Lipinski definition) is 0. The number of hydrogen-bond acceptors (Lipinski definition) is 4. The second-order valence-electron chi connectivity index (χ2n) is 4.09. The largest absolute Gasteiger partial charge is 0.265 e. The van der Waals surface area contributed by atoms with E-state index >= 15 is 0 Å². The first-order valence-corrected chi connectivity index (χ1v) is 6.97. The maximum atomic E-state index is 11.0. The smallest absolute Gasteiger partial charge is 0.265 e. The fourth-order valence-electron chi connectivity index (χ4n) is 1.72. The van der Waals surface area contributed by atoms with E-state index in [1.54, 1.807) is 0 Å². The highest BCUT2D eigenvalue weighted by molar-refractivity contribution is 7.86. The van der Waals surface area contributed by atoms with Crippen molar-refractivity contribution >= 4 is 10.1 Å². The Labute approximate surface area is 96.0 Å². The summed E-state index contributed by atoms with van der Waals surface area (Å²) in [5.41, 5.74) is 1.16. The maximum Gasteiger partial charge on any atom is 0.265 e. The van der Waals surface area contributed by atoms with Gasteiger partial charge in [0.25, 0.3) is 10.1 Å². The van der Waals surface area contributed by atoms with Gasteiger partial charge in [-0.25, -0.2) is 4.18 Å². The van der Waals surface area contributed by atoms with Gasteiger partial charge < -0.3 is 0 Å². The number of nitrogens with zero attached hydrogens (tertiary/aromatic N) is 1. The normalized spacial score (nSPS) is 29.0. The van der Waals surface area contributed by atoms with Crippen LogP contribution in [0.15, 0.2) is 30.3 Å². The van der Waals surface area contributed by atoms with Gasteiger partial charge >= 0.3 is 0 Å². The first-order valence-electron chi connectivity index (χ1n) is 5.15. The van der Waals surface area contributed by atoms with Crippen LogP contribution < -0.4 is 0 Å². The molecule has 2 rings (SSSR count). The highest BCUT2D eigenvalue weighted by Gasteiger charge is 2.47. The standard InChI is InChI=1S/C11H15NO3S/c1-9-11(15-16(2,13)14)12(9)8-10-6-4-3-5-7-10/h3-7,9,11H,8H2,1-2H3. The summed E-state index contributed by atoms with van der Waals surface area (Å²) in [5, 5.41) is 0. The SMILES string of the molecule is CC1C(OS(C)(=O)=O)N1Cc1ccccc1. The molecule has 4 nitrogen and oxygen atoms in total. The van der Waals surface area contributed by atoms with Crippen LogP contribution in [0.1, 0.15) is 12.5 Å². The van der Waals surface area contributed by atoms with Crippen molar-refractivity contribution in [1.82, 2.24) is 4.90 Å². The molecule has 16 heavy (non-hydrogen) atoms. The van der Waals surface area contributed by atoms with E-state index in [0.717, 1.165) is 18.4 Å². The fraction of sp³-hybridized carbons (Fsp3) is 0.455. The second kappa shape index (κ2) is 4.16. The molecular weight excluding hydrogens is 226 g/mol. The van der Waals surface area contributed by atoms with Crippen LogP contribution in [0.5, 0.6) is 0 Å². The third-order valence-corrected chi connectivity index (χ3v) is 3.20. The van der Waals surface area contributed by atoms with Gasteiger partial charge in [0.05, 0.1) is 12.3 Å². The van der Waals surface area contributed by atoms with Crippen LogP contribution in [0.3, 0.4) is 0 Å². The maximum absolute atomic E-state index is 11.0. The van der Waals surface area contributed by atoms with Crippen molar-refractivity contribution in [2.75, 3.05) is 6.26 Å². The summed E-state index contributed by atoms with van der Waals surface area (Å²) in [7, 11) is -3.36. The van der Waals surface area contributed by atoms with Crippen LogP contribution in [0.25, 0.3) is 0 Å². The number of benzene rings is 1. The Morgan fingerprint density at radius 2 is 1.94 bits per heavy atom. The summed E-state index contributed by atoms with van der Waals surface area (Å²) in [5.74, 6) is 0. The highest BCUT2D eigenvalue weighted by atomic mass is 32.2. The van der Waals surface area contributed by atoms with Crippen molar-refractivity contribution in [3.63, 3.8) is 0 Å². The molecule has 1 aliphatic heterocycles. The lowest BCUT2D eigenvalue weighted by atomic mass is 10.2. The van der Waals surface area contributed by atoms with Gasteiger partial charge in [-0.05, 0) is 12.5 Å². The van der Waals surface area contributed by atoms with Crippen molar-refractivity contribution in [3.05, 3.63) is 35.9 Å². The van der Waals surface area contributed by atoms with E-state index in [4.69, 9.17) is 4.18 Å². The molecule has 0 amide bonds. The molecule has 0 aliphatic carbocycles. The van der Waals surface area contributed by atoms with Gasteiger partial charge in [0.15, 0.2) is 0 Å². The van der Waals surface area contributed by atoms with Crippen LogP contribution in [0.2, 0.25) is 0 Å². The van der Waals surface area contributed by atoms with Gasteiger partial charge in [0.2, 0.25) is 0 Å². The van der Waals surface area contributed by atoms with Crippen molar-refractivity contribution < 1.29 is 12.6 Å². The fourth-order valence-corrected chi connectivity index (χ4v) is 2.35. The quantitative estimate of drug-likeness (QED) is 0.587. The van der Waals surface area contributed by atoms with Gasteiger partial charge in [-0.1, -0.05) is 30.3 Å². The Morgan fingerprint density at radius 1 is 1.31 bits per heavy atom. The number of rotatable bonds is 4. The monoisotopic (exact) mass is 241 g/mol. The van der Waals surface area contributed by atoms with Crippen molar-refractivity contribution in [2.24, 2.45) is 0 Å². The minimum Gasteiger partial charge on any atom is -0.265 e. The van der Waals surface area contributed by atoms with Crippen LogP contribution in [-0.4, -0.2) is 31.8 Å². The molecule has 0 aromatic heterocycles. The van der Waals surface area contributed by atoms with Crippen LogP contribution in [-0.2, 0) is 20.8 Å². The predicted octanol–water partition coefficient (Wildman–Crippen LogP) is 1.19. The van der Waals surface area contributed by atoms with Gasteiger partial charge in [-0.2, -0.15) is 8.42 Å². The van der Waals surface area contributed by atoms with Crippen molar-refractivity contribution in [3.8, 4) is 0 Å². The van der Waals surface area contributed by atoms with Crippen molar-refractivity contribution in [2.45, 2.75) is 25.7 Å². The van der Waals surface area contributed by atoms with Gasteiger partial charge in [0, 0.05) is 6.54 Å². The molecule has 88 valence electrons. The highest BCUT2D eigenvalue weighted by Crippen LogP contribution is 2.31. The Balaban J connectivity index is 1.94. The molecule has 0 saturated carbocycles. The molecule has 1 aromatic rings. The molecule has 0 spiro atoms. The van der Waals surface area contributed by atoms with E-state index in [1.807, 2.05) is 42.2 Å². The second-order valence-corrected chi connectivity index (χ2v) is 5.69. The Kier molecular flexibility index (Phi) is 3.01. The van der Waals surface area contributed by atoms with E-state index in [2.05, 4.69) is 0 Å². The average Bonchev–Trinajstić information content (AvgIpc) is 2.76. The molecule has 0 radical (unpaired) electrons. The molecule has 1 aliphatic rings. The van der Waals surface area contributed by atoms with E-state index < -0.39 is 10.1 Å². The lowest BCUT2D eigenvalue weighted by Gasteiger charge is -2.03. The summed E-state index contributed by atoms with van der Waals surface area (Å²) in [6, 6.07) is 10.1. The summed E-state index contributed by atoms with van der Waals surface area (Å²) >= 11 is 0. The third-order valence-electron chi connectivity index (χ3n) is 2.65. The van der Waals surface area contributed by atoms with Crippen LogP contribution in [0.4, 0.5) is 0 Å². The molecule has 0 bridgehead atoms. The summed E-state index contributed by atoms with van der Waals surface area (Å²) in [4.78, 5) is 2.00. The van der Waals surface area contributed by atoms with E-state index in [-0.39, 0.29) is 12.3 Å². The molecule has 3 unspecified atom stereocenters. The lowest BCUT2D eigenvalue weighted by Crippen LogP contribution is -2.10. The van der Waals surface area contributed by atoms with E-state index in [0.29, 0.717) is 0 Å². The molecular formula is C11H15NO3S. The lowest BCUT2D eigenvalue weighted by molar-refractivity contribution is 0.239. The Morgan fingerprint density at radius 3 is 2.50 bits per heavy atom. The average molecular weight is 241 g/mol. The molecule has 3 atom stereocenters. The van der Waals surface area contributed by atoms with Gasteiger partial charge in [-0.15, -0.1) is 0 Å². The first-order chi connectivity index (χ1) is 7.47. The van der Waals surface area contributed by atoms with Gasteiger partial charge in [-0.3, -0.25) is 4.90 Å². The Hall–Kier alpha value is -0.910. The summed E-state index contributed by atoms with van der Waals surface area (Å²) in [6.45, 7) is 2.68. The minimum absolute atomic E-state index is 0.162. The van der Waals surface area contributed by atoms with Crippen LogP contribution in [0, 0.1) is 0 Å². The summed E-state index contributed by atoms with van der Waals surface area (Å²) in [6.07, 6.45) is 0.786. The molecule has 1 heterocycles. The van der Waals surface area contributed by atoms with E-state index in [9.17, 15) is 8.42 Å². The van der Waals surface area contributed by atoms with Gasteiger partial charge in [0.1, 0.15) is 6.23 Å². The molecule has 1 saturated heterocycles. The molecule has 0 N–H and O–H groups in total. The zero-order valence-corrected chi connectivity index (χ0v) is 10.1. The zero-order valence-electron chi connectivity index (χ0n) is 9.33. The molecule has 1 fully saturated rings. The topological polar surface area (TPSA) is 46.4 Å². The predicted molar refractivity (Wildman–Crippen MR) is 61.2 cm³/mol. The first kappa shape index (κ1) is 11.6. The van der Waals surface area contributed by atoms with Crippen LogP contribution >= 0.6 is 0 Å². The minimum atomic E-state index is -3.36. The third kappa shape index (κ3) is 2.81. The van der Waals surface area contributed by atoms with E-state index in [1.165, 1.54) is 0 Å². The van der Waals surface area contributed by atoms with Crippen molar-refractivity contribution in [1.29, 1.82) is 0 Å². The Bertz CT molecular complexity index is 457. The molecule has 5 heteroatoms. The zero-order chi connectivity index (χ0) is 11.8.